The van der Waals surface area contributed by atoms with E-state index in [0.717, 1.165) is 31.7 Å². The molecule has 0 spiro atoms. The van der Waals surface area contributed by atoms with Gasteiger partial charge in [0.2, 0.25) is 10.0 Å². The van der Waals surface area contributed by atoms with Crippen LogP contribution in [-0.2, 0) is 10.0 Å². The molecule has 1 aromatic heterocycles. The van der Waals surface area contributed by atoms with Crippen molar-refractivity contribution in [3.8, 4) is 0 Å². The fourth-order valence-electron chi connectivity index (χ4n) is 2.27. The monoisotopic (exact) mass is 258 g/mol. The van der Waals surface area contributed by atoms with Gasteiger partial charge in [0.25, 0.3) is 0 Å². The second-order valence-electron chi connectivity index (χ2n) is 4.26. The number of carboxylic acid groups (broad SMARTS) is 1. The van der Waals surface area contributed by atoms with E-state index in [2.05, 4.69) is 0 Å². The third-order valence-corrected chi connectivity index (χ3v) is 3.97. The van der Waals surface area contributed by atoms with Gasteiger partial charge in [-0.25, -0.2) is 18.4 Å². The number of aromatic carboxylic acids is 1. The van der Waals surface area contributed by atoms with Gasteiger partial charge < -0.3 is 9.67 Å². The normalized spacial score (nSPS) is 17.5. The zero-order valence-electron chi connectivity index (χ0n) is 9.17. The third-order valence-electron chi connectivity index (χ3n) is 3.09. The molecule has 2 rings (SSSR count). The maximum atomic E-state index is 11.2. The van der Waals surface area contributed by atoms with Crippen LogP contribution in [0.4, 0.5) is 0 Å². The van der Waals surface area contributed by atoms with Crippen molar-refractivity contribution in [2.45, 2.75) is 36.6 Å². The number of carboxylic acids is 1. The Hall–Kier alpha value is -1.34. The molecule has 1 aliphatic carbocycles. The quantitative estimate of drug-likeness (QED) is 0.842. The van der Waals surface area contributed by atoms with Gasteiger partial charge in [-0.2, -0.15) is 0 Å². The van der Waals surface area contributed by atoms with Gasteiger partial charge in [0.05, 0.1) is 0 Å². The van der Waals surface area contributed by atoms with Gasteiger partial charge in [-0.15, -0.1) is 0 Å². The van der Waals surface area contributed by atoms with Crippen LogP contribution in [0.2, 0.25) is 0 Å². The number of hydrogen-bond acceptors (Lipinski definition) is 3. The predicted molar refractivity (Wildman–Crippen MR) is 60.3 cm³/mol. The molecule has 0 aromatic carbocycles. The van der Waals surface area contributed by atoms with Crippen molar-refractivity contribution in [2.75, 3.05) is 0 Å². The number of sulfonamides is 1. The van der Waals surface area contributed by atoms with Gasteiger partial charge in [-0.1, -0.05) is 12.8 Å². The Bertz CT molecular complexity index is 541. The van der Waals surface area contributed by atoms with Crippen LogP contribution in [0.3, 0.4) is 0 Å². The number of aromatic nitrogens is 1. The van der Waals surface area contributed by atoms with Crippen LogP contribution in [0.1, 0.15) is 42.2 Å². The molecule has 6 nitrogen and oxygen atoms in total. The zero-order chi connectivity index (χ0) is 12.6. The van der Waals surface area contributed by atoms with Gasteiger partial charge >= 0.3 is 5.97 Å². The first kappa shape index (κ1) is 12.1. The number of nitrogens with two attached hydrogens (primary N) is 1. The summed E-state index contributed by atoms with van der Waals surface area (Å²) >= 11 is 0. The van der Waals surface area contributed by atoms with Crippen molar-refractivity contribution < 1.29 is 18.3 Å². The second-order valence-corrected chi connectivity index (χ2v) is 5.82. The van der Waals surface area contributed by atoms with Crippen LogP contribution in [0.15, 0.2) is 17.2 Å². The minimum Gasteiger partial charge on any atom is -0.477 e. The maximum absolute atomic E-state index is 11.2. The van der Waals surface area contributed by atoms with E-state index in [9.17, 15) is 13.2 Å². The van der Waals surface area contributed by atoms with Crippen LogP contribution < -0.4 is 5.14 Å². The molecule has 1 aromatic rings. The first-order valence-corrected chi connectivity index (χ1v) is 6.92. The Labute approximate surface area is 99.1 Å². The van der Waals surface area contributed by atoms with Crippen molar-refractivity contribution in [2.24, 2.45) is 5.14 Å². The molecule has 0 saturated heterocycles. The summed E-state index contributed by atoms with van der Waals surface area (Å²) in [5.74, 6) is -1.13. The molecular weight excluding hydrogens is 244 g/mol. The van der Waals surface area contributed by atoms with E-state index in [1.54, 1.807) is 0 Å². The molecule has 1 heterocycles. The molecule has 94 valence electrons. The molecule has 0 radical (unpaired) electrons. The Morgan fingerprint density at radius 2 is 2.00 bits per heavy atom. The van der Waals surface area contributed by atoms with Crippen LogP contribution in [0.5, 0.6) is 0 Å². The summed E-state index contributed by atoms with van der Waals surface area (Å²) in [4.78, 5) is 10.9. The third kappa shape index (κ3) is 2.34. The van der Waals surface area contributed by atoms with Crippen molar-refractivity contribution >= 4 is 16.0 Å². The molecule has 0 bridgehead atoms. The Kier molecular flexibility index (Phi) is 2.96. The van der Waals surface area contributed by atoms with E-state index in [1.165, 1.54) is 10.8 Å². The van der Waals surface area contributed by atoms with Crippen LogP contribution in [0.25, 0.3) is 0 Å². The molecular formula is C10H14N2O4S. The van der Waals surface area contributed by atoms with Gasteiger partial charge in [0.15, 0.2) is 0 Å². The molecule has 1 saturated carbocycles. The van der Waals surface area contributed by atoms with Gasteiger partial charge in [-0.05, 0) is 18.9 Å². The fraction of sp³-hybridized carbons (Fsp3) is 0.500. The van der Waals surface area contributed by atoms with Gasteiger partial charge in [0, 0.05) is 12.2 Å². The number of nitrogens with zero attached hydrogens (tertiary/aromatic N) is 1. The van der Waals surface area contributed by atoms with E-state index in [-0.39, 0.29) is 16.6 Å². The molecule has 1 fully saturated rings. The molecule has 0 aliphatic heterocycles. The van der Waals surface area contributed by atoms with Gasteiger partial charge in [-0.3, -0.25) is 0 Å². The van der Waals surface area contributed by atoms with Crippen molar-refractivity contribution in [3.05, 3.63) is 18.0 Å². The molecule has 17 heavy (non-hydrogen) atoms. The van der Waals surface area contributed by atoms with Crippen LogP contribution in [0, 0.1) is 0 Å². The minimum atomic E-state index is -3.85. The number of primary sulfonamides is 1. The standard InChI is InChI=1S/C10H14N2O4S/c11-17(15,16)8-5-9(10(13)14)12(6-8)7-3-1-2-4-7/h5-7H,1-4H2,(H,13,14)(H2,11,15,16). The summed E-state index contributed by atoms with van der Waals surface area (Å²) in [5, 5.41) is 14.1. The highest BCUT2D eigenvalue weighted by Gasteiger charge is 2.25. The first-order valence-electron chi connectivity index (χ1n) is 5.37. The van der Waals surface area contributed by atoms with E-state index < -0.39 is 16.0 Å². The van der Waals surface area contributed by atoms with E-state index in [1.807, 2.05) is 0 Å². The van der Waals surface area contributed by atoms with Gasteiger partial charge in [0.1, 0.15) is 10.6 Å². The Morgan fingerprint density at radius 3 is 2.47 bits per heavy atom. The maximum Gasteiger partial charge on any atom is 0.352 e. The lowest BCUT2D eigenvalue weighted by Gasteiger charge is -2.13. The number of rotatable bonds is 3. The highest BCUT2D eigenvalue weighted by Crippen LogP contribution is 2.32. The van der Waals surface area contributed by atoms with Crippen molar-refractivity contribution in [1.82, 2.24) is 4.57 Å². The van der Waals surface area contributed by atoms with E-state index in [0.29, 0.717) is 0 Å². The average molecular weight is 258 g/mol. The fourth-order valence-corrected chi connectivity index (χ4v) is 2.80. The van der Waals surface area contributed by atoms with E-state index in [4.69, 9.17) is 10.2 Å². The number of hydrogen-bond donors (Lipinski definition) is 2. The minimum absolute atomic E-state index is 0.0130. The summed E-state index contributed by atoms with van der Waals surface area (Å²) in [6.07, 6.45) is 5.14. The summed E-state index contributed by atoms with van der Waals surface area (Å²) < 4.78 is 23.9. The molecule has 0 unspecified atom stereocenters. The van der Waals surface area contributed by atoms with Crippen LogP contribution in [-0.4, -0.2) is 24.1 Å². The largest absolute Gasteiger partial charge is 0.477 e. The first-order chi connectivity index (χ1) is 7.89. The summed E-state index contributed by atoms with van der Waals surface area (Å²) in [5.41, 5.74) is -0.0130. The van der Waals surface area contributed by atoms with E-state index >= 15 is 0 Å². The lowest BCUT2D eigenvalue weighted by atomic mass is 10.2. The molecule has 0 atom stereocenters. The molecule has 7 heteroatoms. The lowest BCUT2D eigenvalue weighted by molar-refractivity contribution is 0.0682. The van der Waals surface area contributed by atoms with Crippen LogP contribution >= 0.6 is 0 Å². The van der Waals surface area contributed by atoms with Crippen molar-refractivity contribution in [1.29, 1.82) is 0 Å². The Morgan fingerprint density at radius 1 is 1.41 bits per heavy atom. The summed E-state index contributed by atoms with van der Waals surface area (Å²) in [6.45, 7) is 0. The highest BCUT2D eigenvalue weighted by atomic mass is 32.2. The molecule has 3 N–H and O–H groups in total. The average Bonchev–Trinajstić information content (AvgIpc) is 2.85. The number of carbonyl (C=O) groups is 1. The summed E-state index contributed by atoms with van der Waals surface area (Å²) in [7, 11) is -3.85. The SMILES string of the molecule is NS(=O)(=O)c1cc(C(=O)O)n(C2CCCC2)c1. The predicted octanol–water partition coefficient (Wildman–Crippen LogP) is 0.949. The Balaban J connectivity index is 2.49. The molecule has 1 aliphatic rings. The summed E-state index contributed by atoms with van der Waals surface area (Å²) in [6, 6.07) is 1.19. The second kappa shape index (κ2) is 4.15. The lowest BCUT2D eigenvalue weighted by Crippen LogP contribution is -2.12. The zero-order valence-corrected chi connectivity index (χ0v) is 9.98. The smallest absolute Gasteiger partial charge is 0.352 e. The molecule has 0 amide bonds. The topological polar surface area (TPSA) is 102 Å². The highest BCUT2D eigenvalue weighted by molar-refractivity contribution is 7.89. The van der Waals surface area contributed by atoms with Crippen molar-refractivity contribution in [3.63, 3.8) is 0 Å².